The topological polar surface area (TPSA) is 46.9 Å². The molecule has 0 atom stereocenters. The van der Waals surface area contributed by atoms with Gasteiger partial charge in [-0.3, -0.25) is 4.79 Å². The number of para-hydroxylation sites is 2. The maximum Gasteiger partial charge on any atom is 0.251 e. The molecule has 1 N–H and O–H groups in total. The molecule has 1 saturated carbocycles. The van der Waals surface area contributed by atoms with Gasteiger partial charge in [-0.25, -0.2) is 4.98 Å². The average molecular weight is 446 g/mol. The minimum atomic E-state index is 0.0389. The van der Waals surface area contributed by atoms with E-state index < -0.39 is 0 Å². The molecule has 4 heteroatoms. The van der Waals surface area contributed by atoms with E-state index in [9.17, 15) is 4.79 Å². The van der Waals surface area contributed by atoms with Crippen molar-refractivity contribution < 1.29 is 4.79 Å². The Kier molecular flexibility index (Phi) is 8.20. The summed E-state index contributed by atoms with van der Waals surface area (Å²) in [7, 11) is 0. The van der Waals surface area contributed by atoms with E-state index in [4.69, 9.17) is 4.98 Å². The van der Waals surface area contributed by atoms with Crippen LogP contribution in [0.15, 0.2) is 42.5 Å². The molecule has 1 amide bonds. The van der Waals surface area contributed by atoms with E-state index in [1.54, 1.807) is 0 Å². The molecule has 0 saturated heterocycles. The van der Waals surface area contributed by atoms with E-state index in [2.05, 4.69) is 47.1 Å². The van der Waals surface area contributed by atoms with Gasteiger partial charge in [-0.1, -0.05) is 68.4 Å². The lowest BCUT2D eigenvalue weighted by Gasteiger charge is -2.22. The molecule has 1 aliphatic carbocycles. The average Bonchev–Trinajstić information content (AvgIpc) is 3.17. The van der Waals surface area contributed by atoms with Crippen molar-refractivity contribution in [1.29, 1.82) is 0 Å². The van der Waals surface area contributed by atoms with Gasteiger partial charge in [0, 0.05) is 25.1 Å². The summed E-state index contributed by atoms with van der Waals surface area (Å²) in [6, 6.07) is 14.6. The maximum absolute atomic E-state index is 12.5. The van der Waals surface area contributed by atoms with Crippen LogP contribution in [0.25, 0.3) is 11.0 Å². The lowest BCUT2D eigenvalue weighted by molar-refractivity contribution is 0.0952. The van der Waals surface area contributed by atoms with E-state index in [1.165, 1.54) is 55.4 Å². The number of amides is 1. The number of carbonyl (C=O) groups is 1. The van der Waals surface area contributed by atoms with Crippen molar-refractivity contribution in [2.75, 3.05) is 6.54 Å². The highest BCUT2D eigenvalue weighted by molar-refractivity contribution is 5.95. The Morgan fingerprint density at radius 2 is 1.85 bits per heavy atom. The van der Waals surface area contributed by atoms with Crippen molar-refractivity contribution in [3.63, 3.8) is 0 Å². The van der Waals surface area contributed by atoms with Crippen molar-refractivity contribution in [2.24, 2.45) is 5.92 Å². The van der Waals surface area contributed by atoms with Crippen LogP contribution in [-0.2, 0) is 13.0 Å². The molecule has 1 aliphatic rings. The number of hydrogen-bond donors (Lipinski definition) is 1. The minimum absolute atomic E-state index is 0.0389. The molecule has 1 heterocycles. The molecule has 2 aromatic carbocycles. The van der Waals surface area contributed by atoms with Gasteiger partial charge in [0.1, 0.15) is 5.82 Å². The Bertz CT molecular complexity index is 1060. The van der Waals surface area contributed by atoms with E-state index in [-0.39, 0.29) is 5.91 Å². The lowest BCUT2D eigenvalue weighted by Crippen LogP contribution is -2.25. The number of carbonyl (C=O) groups excluding carboxylic acids is 1. The second-order valence-corrected chi connectivity index (χ2v) is 9.85. The Morgan fingerprint density at radius 3 is 2.67 bits per heavy atom. The zero-order valence-corrected chi connectivity index (χ0v) is 20.4. The normalized spacial score (nSPS) is 14.6. The fourth-order valence-corrected chi connectivity index (χ4v) is 5.30. The fourth-order valence-electron chi connectivity index (χ4n) is 5.30. The monoisotopic (exact) mass is 445 g/mol. The summed E-state index contributed by atoms with van der Waals surface area (Å²) in [5, 5.41) is 3.09. The third-order valence-electron chi connectivity index (χ3n) is 7.21. The van der Waals surface area contributed by atoms with Gasteiger partial charge >= 0.3 is 0 Å². The zero-order valence-electron chi connectivity index (χ0n) is 20.4. The number of nitrogens with one attached hydrogen (secondary N) is 1. The van der Waals surface area contributed by atoms with Gasteiger partial charge in [0.2, 0.25) is 0 Å². The summed E-state index contributed by atoms with van der Waals surface area (Å²) in [6.07, 6.45) is 12.5. The van der Waals surface area contributed by atoms with Crippen LogP contribution in [-0.4, -0.2) is 22.0 Å². The van der Waals surface area contributed by atoms with Crippen molar-refractivity contribution in [2.45, 2.75) is 84.6 Å². The van der Waals surface area contributed by atoms with Crippen LogP contribution in [0.1, 0.15) is 85.1 Å². The highest BCUT2D eigenvalue weighted by atomic mass is 16.1. The predicted molar refractivity (Wildman–Crippen MR) is 137 cm³/mol. The third kappa shape index (κ3) is 6.25. The van der Waals surface area contributed by atoms with Gasteiger partial charge in [0.25, 0.3) is 5.91 Å². The molecule has 3 aromatic rings. The molecule has 0 aliphatic heterocycles. The first-order chi connectivity index (χ1) is 16.1. The van der Waals surface area contributed by atoms with Crippen LogP contribution in [0.2, 0.25) is 0 Å². The number of nitrogens with zero attached hydrogens (tertiary/aromatic N) is 2. The quantitative estimate of drug-likeness (QED) is 0.350. The summed E-state index contributed by atoms with van der Waals surface area (Å²) < 4.78 is 2.48. The first-order valence-corrected chi connectivity index (χ1v) is 12.9. The molecule has 0 unspecified atom stereocenters. The minimum Gasteiger partial charge on any atom is -0.352 e. The number of unbranched alkanes of at least 4 members (excludes halogenated alkanes) is 2. The number of hydrogen-bond acceptors (Lipinski definition) is 2. The van der Waals surface area contributed by atoms with Gasteiger partial charge < -0.3 is 9.88 Å². The lowest BCUT2D eigenvalue weighted by atomic mass is 9.87. The zero-order chi connectivity index (χ0) is 23.0. The first kappa shape index (κ1) is 23.5. The highest BCUT2D eigenvalue weighted by Gasteiger charge is 2.16. The molecular weight excluding hydrogens is 406 g/mol. The SMILES string of the molecule is Cc1ccc(C(=O)NCCCCCc2nc3ccccc3n2CCC2CCCCC2)c(C)c1. The number of imidazole rings is 1. The standard InChI is InChI=1S/C29H39N3O/c1-22-16-17-25(23(2)21-22)29(33)30-19-10-4-7-15-28-31-26-13-8-9-14-27(26)32(28)20-18-24-11-5-3-6-12-24/h8-9,13-14,16-17,21,24H,3-7,10-12,15,18-20H2,1-2H3,(H,30,33). The van der Waals surface area contributed by atoms with Crippen molar-refractivity contribution >= 4 is 16.9 Å². The number of aryl methyl sites for hydroxylation is 4. The third-order valence-corrected chi connectivity index (χ3v) is 7.21. The summed E-state index contributed by atoms with van der Waals surface area (Å²) in [4.78, 5) is 17.4. The first-order valence-electron chi connectivity index (χ1n) is 12.9. The van der Waals surface area contributed by atoms with E-state index >= 15 is 0 Å². The largest absolute Gasteiger partial charge is 0.352 e. The summed E-state index contributed by atoms with van der Waals surface area (Å²) in [5.74, 6) is 2.15. The molecule has 4 rings (SSSR count). The summed E-state index contributed by atoms with van der Waals surface area (Å²) in [5.41, 5.74) is 5.42. The van der Waals surface area contributed by atoms with Crippen LogP contribution in [0, 0.1) is 19.8 Å². The Morgan fingerprint density at radius 1 is 1.03 bits per heavy atom. The maximum atomic E-state index is 12.5. The van der Waals surface area contributed by atoms with Gasteiger partial charge in [0.05, 0.1) is 11.0 Å². The van der Waals surface area contributed by atoms with E-state index in [1.807, 2.05) is 19.1 Å². The molecule has 1 fully saturated rings. The molecular formula is C29H39N3O. The van der Waals surface area contributed by atoms with Gasteiger partial charge in [-0.15, -0.1) is 0 Å². The van der Waals surface area contributed by atoms with Crippen LogP contribution in [0.4, 0.5) is 0 Å². The molecule has 0 radical (unpaired) electrons. The number of fused-ring (bicyclic) bond motifs is 1. The van der Waals surface area contributed by atoms with Crippen molar-refractivity contribution in [1.82, 2.24) is 14.9 Å². The molecule has 1 aromatic heterocycles. The summed E-state index contributed by atoms with van der Waals surface area (Å²) >= 11 is 0. The van der Waals surface area contributed by atoms with Crippen molar-refractivity contribution in [3.8, 4) is 0 Å². The fraction of sp³-hybridized carbons (Fsp3) is 0.517. The van der Waals surface area contributed by atoms with Crippen LogP contribution in [0.5, 0.6) is 0 Å². The molecule has 0 spiro atoms. The number of rotatable bonds is 10. The Hall–Kier alpha value is -2.62. The van der Waals surface area contributed by atoms with E-state index in [0.29, 0.717) is 0 Å². The Balaban J connectivity index is 1.26. The van der Waals surface area contributed by atoms with Crippen molar-refractivity contribution in [3.05, 3.63) is 65.0 Å². The highest BCUT2D eigenvalue weighted by Crippen LogP contribution is 2.28. The second kappa shape index (κ2) is 11.5. The van der Waals surface area contributed by atoms with Gasteiger partial charge in [-0.2, -0.15) is 0 Å². The number of benzene rings is 2. The molecule has 33 heavy (non-hydrogen) atoms. The van der Waals surface area contributed by atoms with Gasteiger partial charge in [-0.05, 0) is 62.8 Å². The Labute approximate surface area is 198 Å². The molecule has 4 nitrogen and oxygen atoms in total. The van der Waals surface area contributed by atoms with Crippen LogP contribution in [0.3, 0.4) is 0 Å². The smallest absolute Gasteiger partial charge is 0.251 e. The van der Waals surface area contributed by atoms with Crippen LogP contribution >= 0.6 is 0 Å². The van der Waals surface area contributed by atoms with Crippen LogP contribution < -0.4 is 5.32 Å². The predicted octanol–water partition coefficient (Wildman–Crippen LogP) is 6.77. The second-order valence-electron chi connectivity index (χ2n) is 9.85. The van der Waals surface area contributed by atoms with Gasteiger partial charge in [0.15, 0.2) is 0 Å². The van der Waals surface area contributed by atoms with E-state index in [0.717, 1.165) is 61.3 Å². The molecule has 0 bridgehead atoms. The molecule has 176 valence electrons. The number of aromatic nitrogens is 2. The summed E-state index contributed by atoms with van der Waals surface area (Å²) in [6.45, 7) is 5.87.